The Kier molecular flexibility index (Phi) is 4.74. The molecule has 1 atom stereocenters. The van der Waals surface area contributed by atoms with E-state index in [0.717, 1.165) is 14.3 Å². The predicted octanol–water partition coefficient (Wildman–Crippen LogP) is 5.73. The summed E-state index contributed by atoms with van der Waals surface area (Å²) in [6.45, 7) is 6.47. The molecule has 0 heterocycles. The van der Waals surface area contributed by atoms with Crippen molar-refractivity contribution >= 4 is 39.9 Å². The Labute approximate surface area is 133 Å². The molecule has 0 bridgehead atoms. The van der Waals surface area contributed by atoms with Gasteiger partial charge in [0.1, 0.15) is 0 Å². The van der Waals surface area contributed by atoms with E-state index in [1.807, 2.05) is 18.2 Å². The number of nitrogens with one attached hydrogen (secondary N) is 1. The molecule has 2 aromatic rings. The monoisotopic (exact) mass is 385 g/mol. The van der Waals surface area contributed by atoms with Crippen molar-refractivity contribution in [3.05, 3.63) is 61.7 Å². The van der Waals surface area contributed by atoms with Crippen molar-refractivity contribution in [2.24, 2.45) is 0 Å². The summed E-state index contributed by atoms with van der Waals surface area (Å²) in [5.74, 6) is 0. The fourth-order valence-electron chi connectivity index (χ4n) is 2.14. The fourth-order valence-corrected chi connectivity index (χ4v) is 3.17. The number of aryl methyl sites for hydroxylation is 2. The van der Waals surface area contributed by atoms with Crippen molar-refractivity contribution in [3.8, 4) is 0 Å². The summed E-state index contributed by atoms with van der Waals surface area (Å²) in [6.07, 6.45) is 0. The Balaban J connectivity index is 2.25. The first kappa shape index (κ1) is 14.7. The van der Waals surface area contributed by atoms with Crippen LogP contribution in [0.15, 0.2) is 36.4 Å². The molecular formula is C16H17ClIN. The van der Waals surface area contributed by atoms with Crippen LogP contribution < -0.4 is 5.32 Å². The molecule has 0 aliphatic heterocycles. The van der Waals surface area contributed by atoms with Crippen LogP contribution in [0, 0.1) is 17.4 Å². The second kappa shape index (κ2) is 6.14. The van der Waals surface area contributed by atoms with E-state index in [4.69, 9.17) is 11.6 Å². The van der Waals surface area contributed by atoms with E-state index in [-0.39, 0.29) is 6.04 Å². The minimum absolute atomic E-state index is 0.273. The van der Waals surface area contributed by atoms with Gasteiger partial charge in [0.2, 0.25) is 0 Å². The number of halogens is 2. The maximum atomic E-state index is 5.98. The van der Waals surface area contributed by atoms with Crippen LogP contribution in [0.3, 0.4) is 0 Å². The van der Waals surface area contributed by atoms with Gasteiger partial charge in [-0.05, 0) is 72.7 Å². The van der Waals surface area contributed by atoms with Crippen molar-refractivity contribution in [2.75, 3.05) is 5.32 Å². The number of hydrogen-bond acceptors (Lipinski definition) is 1. The molecule has 1 nitrogen and oxygen atoms in total. The van der Waals surface area contributed by atoms with E-state index in [9.17, 15) is 0 Å². The molecule has 0 spiro atoms. The standard InChI is InChI=1S/C16H17ClIN/c1-10-4-5-11(2)14(8-10)12(3)19-16-7-6-13(17)9-15(16)18/h4-9,12,19H,1-3H3. The molecule has 0 aliphatic rings. The van der Waals surface area contributed by atoms with Crippen LogP contribution >= 0.6 is 34.2 Å². The van der Waals surface area contributed by atoms with Gasteiger partial charge in [-0.25, -0.2) is 0 Å². The molecule has 0 radical (unpaired) electrons. The summed E-state index contributed by atoms with van der Waals surface area (Å²) in [4.78, 5) is 0. The number of anilines is 1. The summed E-state index contributed by atoms with van der Waals surface area (Å²) < 4.78 is 1.14. The number of benzene rings is 2. The van der Waals surface area contributed by atoms with E-state index in [0.29, 0.717) is 0 Å². The Bertz CT molecular complexity index is 595. The van der Waals surface area contributed by atoms with E-state index in [2.05, 4.69) is 66.9 Å². The van der Waals surface area contributed by atoms with Gasteiger partial charge < -0.3 is 5.32 Å². The summed E-state index contributed by atoms with van der Waals surface area (Å²) in [6, 6.07) is 12.8. The third kappa shape index (κ3) is 3.63. The smallest absolute Gasteiger partial charge is 0.0488 e. The Hall–Kier alpha value is -0.740. The van der Waals surface area contributed by atoms with Crippen LogP contribution in [-0.4, -0.2) is 0 Å². The van der Waals surface area contributed by atoms with Crippen molar-refractivity contribution in [1.82, 2.24) is 0 Å². The van der Waals surface area contributed by atoms with Gasteiger partial charge in [0.05, 0.1) is 0 Å². The zero-order valence-corrected chi connectivity index (χ0v) is 14.2. The average Bonchev–Trinajstić information content (AvgIpc) is 2.35. The number of rotatable bonds is 3. The van der Waals surface area contributed by atoms with E-state index < -0.39 is 0 Å². The Morgan fingerprint density at radius 1 is 1.11 bits per heavy atom. The molecule has 1 N–H and O–H groups in total. The minimum Gasteiger partial charge on any atom is -0.378 e. The third-order valence-corrected chi connectivity index (χ3v) is 4.33. The van der Waals surface area contributed by atoms with Gasteiger partial charge in [-0.3, -0.25) is 0 Å². The van der Waals surface area contributed by atoms with E-state index in [1.54, 1.807) is 0 Å². The molecule has 2 aromatic carbocycles. The van der Waals surface area contributed by atoms with Crippen molar-refractivity contribution in [2.45, 2.75) is 26.8 Å². The minimum atomic E-state index is 0.273. The predicted molar refractivity (Wildman–Crippen MR) is 92.1 cm³/mol. The first-order valence-corrected chi connectivity index (χ1v) is 7.72. The van der Waals surface area contributed by atoms with Gasteiger partial charge in [-0.1, -0.05) is 35.4 Å². The van der Waals surface area contributed by atoms with Crippen molar-refractivity contribution in [3.63, 3.8) is 0 Å². The molecule has 0 amide bonds. The topological polar surface area (TPSA) is 12.0 Å². The molecule has 2 rings (SSSR count). The van der Waals surface area contributed by atoms with Gasteiger partial charge in [-0.15, -0.1) is 0 Å². The molecule has 0 aliphatic carbocycles. The molecule has 3 heteroatoms. The summed E-state index contributed by atoms with van der Waals surface area (Å²) >= 11 is 8.29. The zero-order chi connectivity index (χ0) is 14.0. The lowest BCUT2D eigenvalue weighted by molar-refractivity contribution is 0.871. The molecule has 100 valence electrons. The zero-order valence-electron chi connectivity index (χ0n) is 11.3. The quantitative estimate of drug-likeness (QED) is 0.665. The summed E-state index contributed by atoms with van der Waals surface area (Å²) in [5, 5.41) is 4.33. The van der Waals surface area contributed by atoms with Gasteiger partial charge in [0.15, 0.2) is 0 Å². The highest BCUT2D eigenvalue weighted by atomic mass is 127. The van der Waals surface area contributed by atoms with Crippen molar-refractivity contribution in [1.29, 1.82) is 0 Å². The second-order valence-electron chi connectivity index (χ2n) is 4.85. The maximum Gasteiger partial charge on any atom is 0.0488 e. The molecule has 1 unspecified atom stereocenters. The maximum absolute atomic E-state index is 5.98. The van der Waals surface area contributed by atoms with Gasteiger partial charge in [-0.2, -0.15) is 0 Å². The summed E-state index contributed by atoms with van der Waals surface area (Å²) in [5.41, 5.74) is 5.07. The normalized spacial score (nSPS) is 12.3. The largest absolute Gasteiger partial charge is 0.378 e. The van der Waals surface area contributed by atoms with Crippen LogP contribution in [0.5, 0.6) is 0 Å². The highest BCUT2D eigenvalue weighted by Crippen LogP contribution is 2.27. The van der Waals surface area contributed by atoms with E-state index in [1.165, 1.54) is 16.7 Å². The lowest BCUT2D eigenvalue weighted by Crippen LogP contribution is -2.09. The summed E-state index contributed by atoms with van der Waals surface area (Å²) in [7, 11) is 0. The van der Waals surface area contributed by atoms with Crippen LogP contribution in [0.4, 0.5) is 5.69 Å². The van der Waals surface area contributed by atoms with Crippen LogP contribution in [0.2, 0.25) is 5.02 Å². The van der Waals surface area contributed by atoms with Crippen molar-refractivity contribution < 1.29 is 0 Å². The van der Waals surface area contributed by atoms with Gasteiger partial charge in [0.25, 0.3) is 0 Å². The Morgan fingerprint density at radius 2 is 1.84 bits per heavy atom. The van der Waals surface area contributed by atoms with Gasteiger partial charge >= 0.3 is 0 Å². The lowest BCUT2D eigenvalue weighted by atomic mass is 10.00. The third-order valence-electron chi connectivity index (χ3n) is 3.20. The fraction of sp³-hybridized carbons (Fsp3) is 0.250. The molecular weight excluding hydrogens is 369 g/mol. The lowest BCUT2D eigenvalue weighted by Gasteiger charge is -2.19. The molecule has 0 aromatic heterocycles. The highest BCUT2D eigenvalue weighted by molar-refractivity contribution is 14.1. The molecule has 0 saturated heterocycles. The van der Waals surface area contributed by atoms with Crippen LogP contribution in [0.25, 0.3) is 0 Å². The van der Waals surface area contributed by atoms with Crippen LogP contribution in [-0.2, 0) is 0 Å². The highest BCUT2D eigenvalue weighted by Gasteiger charge is 2.10. The molecule has 19 heavy (non-hydrogen) atoms. The first-order valence-electron chi connectivity index (χ1n) is 6.26. The molecule has 0 saturated carbocycles. The average molecular weight is 386 g/mol. The Morgan fingerprint density at radius 3 is 2.53 bits per heavy atom. The van der Waals surface area contributed by atoms with Gasteiger partial charge in [0, 0.05) is 20.3 Å². The molecule has 0 fully saturated rings. The first-order chi connectivity index (χ1) is 8.97. The van der Waals surface area contributed by atoms with Crippen LogP contribution in [0.1, 0.15) is 29.7 Å². The van der Waals surface area contributed by atoms with E-state index >= 15 is 0 Å². The number of hydrogen-bond donors (Lipinski definition) is 1. The second-order valence-corrected chi connectivity index (χ2v) is 6.45. The SMILES string of the molecule is Cc1ccc(C)c(C(C)Nc2ccc(Cl)cc2I)c1.